The van der Waals surface area contributed by atoms with Crippen LogP contribution in [0.2, 0.25) is 0 Å². The maximum Gasteiger partial charge on any atom is 0.322 e. The zero-order chi connectivity index (χ0) is 13.8. The fraction of sp³-hybridized carbons (Fsp3) is 0.909. The lowest BCUT2D eigenvalue weighted by atomic mass is 9.92. The molecule has 0 spiro atoms. The van der Waals surface area contributed by atoms with Crippen LogP contribution in [0, 0.1) is 5.92 Å². The Morgan fingerprint density at radius 3 is 2.67 bits per heavy atom. The van der Waals surface area contributed by atoms with E-state index in [9.17, 15) is 13.2 Å². The maximum absolute atomic E-state index is 12.0. The van der Waals surface area contributed by atoms with Gasteiger partial charge in [0.15, 0.2) is 5.75 Å². The molecule has 18 heavy (non-hydrogen) atoms. The van der Waals surface area contributed by atoms with Gasteiger partial charge in [0.1, 0.15) is 0 Å². The zero-order valence-corrected chi connectivity index (χ0v) is 11.8. The number of carbonyl (C=O) groups excluding carboxylic acids is 1. The van der Waals surface area contributed by atoms with Crippen molar-refractivity contribution in [3.05, 3.63) is 0 Å². The second-order valence-corrected chi connectivity index (χ2v) is 6.51. The summed E-state index contributed by atoms with van der Waals surface area (Å²) in [7, 11) is -3.57. The lowest BCUT2D eigenvalue weighted by molar-refractivity contribution is -0.140. The molecule has 0 bridgehead atoms. The number of carbonyl (C=O) groups is 1. The Kier molecular flexibility index (Phi) is 5.55. The number of esters is 1. The standard InChI is InChI=1S/C11H22N2O4S/c1-3-9-7-13(6-5-10(9)12)18(15,16)8-11(14)17-4-2/h9-10H,3-8,12H2,1-2H3. The Bertz CT molecular complexity index is 383. The fourth-order valence-electron chi connectivity index (χ4n) is 2.14. The Balaban J connectivity index is 2.65. The highest BCUT2D eigenvalue weighted by Crippen LogP contribution is 2.21. The van der Waals surface area contributed by atoms with E-state index in [2.05, 4.69) is 4.74 Å². The van der Waals surface area contributed by atoms with E-state index in [4.69, 9.17) is 5.73 Å². The van der Waals surface area contributed by atoms with Crippen molar-refractivity contribution < 1.29 is 17.9 Å². The highest BCUT2D eigenvalue weighted by Gasteiger charge is 2.33. The molecular weight excluding hydrogens is 256 g/mol. The summed E-state index contributed by atoms with van der Waals surface area (Å²) < 4.78 is 30.1. The van der Waals surface area contributed by atoms with E-state index in [1.807, 2.05) is 6.92 Å². The molecule has 2 N–H and O–H groups in total. The van der Waals surface area contributed by atoms with Gasteiger partial charge in [0.05, 0.1) is 6.61 Å². The smallest absolute Gasteiger partial charge is 0.322 e. The normalized spacial score (nSPS) is 25.9. The lowest BCUT2D eigenvalue weighted by Crippen LogP contribution is -2.50. The monoisotopic (exact) mass is 278 g/mol. The molecule has 7 heteroatoms. The molecule has 0 amide bonds. The average molecular weight is 278 g/mol. The van der Waals surface area contributed by atoms with Crippen LogP contribution in [0.4, 0.5) is 0 Å². The first-order valence-corrected chi connectivity index (χ1v) is 7.90. The molecule has 1 aliphatic rings. The van der Waals surface area contributed by atoms with Gasteiger partial charge in [-0.1, -0.05) is 13.3 Å². The third-order valence-corrected chi connectivity index (χ3v) is 5.00. The maximum atomic E-state index is 12.0. The van der Waals surface area contributed by atoms with Gasteiger partial charge in [-0.25, -0.2) is 12.7 Å². The predicted octanol–water partition coefficient (Wildman–Crippen LogP) is -0.0615. The van der Waals surface area contributed by atoms with Crippen molar-refractivity contribution in [3.63, 3.8) is 0 Å². The molecule has 1 saturated heterocycles. The van der Waals surface area contributed by atoms with Gasteiger partial charge in [-0.15, -0.1) is 0 Å². The summed E-state index contributed by atoms with van der Waals surface area (Å²) in [5, 5.41) is 0. The van der Waals surface area contributed by atoms with E-state index in [1.54, 1.807) is 6.92 Å². The Morgan fingerprint density at radius 1 is 1.44 bits per heavy atom. The van der Waals surface area contributed by atoms with Gasteiger partial charge in [-0.05, 0) is 19.3 Å². The van der Waals surface area contributed by atoms with Crippen LogP contribution < -0.4 is 5.73 Å². The quantitative estimate of drug-likeness (QED) is 0.711. The molecule has 1 heterocycles. The molecule has 2 unspecified atom stereocenters. The van der Waals surface area contributed by atoms with E-state index in [1.165, 1.54) is 4.31 Å². The first-order valence-electron chi connectivity index (χ1n) is 6.29. The summed E-state index contributed by atoms with van der Waals surface area (Å²) >= 11 is 0. The van der Waals surface area contributed by atoms with Crippen LogP contribution in [0.15, 0.2) is 0 Å². The van der Waals surface area contributed by atoms with Crippen molar-refractivity contribution in [1.82, 2.24) is 4.31 Å². The third-order valence-electron chi connectivity index (χ3n) is 3.28. The molecule has 1 aliphatic heterocycles. The van der Waals surface area contributed by atoms with E-state index in [0.717, 1.165) is 6.42 Å². The molecule has 6 nitrogen and oxygen atoms in total. The number of hydrogen-bond acceptors (Lipinski definition) is 5. The Hall–Kier alpha value is -0.660. The number of ether oxygens (including phenoxy) is 1. The van der Waals surface area contributed by atoms with Gasteiger partial charge in [0.25, 0.3) is 0 Å². The molecule has 1 rings (SSSR count). The van der Waals surface area contributed by atoms with Crippen LogP contribution in [0.1, 0.15) is 26.7 Å². The molecule has 0 aromatic rings. The lowest BCUT2D eigenvalue weighted by Gasteiger charge is -2.35. The molecule has 0 aliphatic carbocycles. The molecule has 1 fully saturated rings. The molecular formula is C11H22N2O4S. The molecule has 106 valence electrons. The first kappa shape index (κ1) is 15.4. The molecule has 0 aromatic carbocycles. The summed E-state index contributed by atoms with van der Waals surface area (Å²) in [5.74, 6) is -1.11. The van der Waals surface area contributed by atoms with E-state index < -0.39 is 21.7 Å². The fourth-order valence-corrected chi connectivity index (χ4v) is 3.51. The summed E-state index contributed by atoms with van der Waals surface area (Å²) in [6, 6.07) is 0.0454. The van der Waals surface area contributed by atoms with Crippen molar-refractivity contribution in [2.45, 2.75) is 32.7 Å². The average Bonchev–Trinajstić information content (AvgIpc) is 2.28. The number of nitrogens with two attached hydrogens (primary N) is 1. The van der Waals surface area contributed by atoms with Gasteiger partial charge in [-0.3, -0.25) is 4.79 Å². The van der Waals surface area contributed by atoms with E-state index in [-0.39, 0.29) is 18.6 Å². The molecule has 0 radical (unpaired) electrons. The summed E-state index contributed by atoms with van der Waals surface area (Å²) in [6.45, 7) is 4.62. The summed E-state index contributed by atoms with van der Waals surface area (Å²) in [4.78, 5) is 11.3. The number of piperidine rings is 1. The van der Waals surface area contributed by atoms with Gasteiger partial charge >= 0.3 is 5.97 Å². The van der Waals surface area contributed by atoms with Crippen LogP contribution in [0.25, 0.3) is 0 Å². The number of sulfonamides is 1. The summed E-state index contributed by atoms with van der Waals surface area (Å²) in [5.41, 5.74) is 5.93. The van der Waals surface area contributed by atoms with Crippen molar-refractivity contribution in [3.8, 4) is 0 Å². The van der Waals surface area contributed by atoms with Crippen LogP contribution in [-0.4, -0.2) is 50.2 Å². The van der Waals surface area contributed by atoms with Crippen molar-refractivity contribution in [1.29, 1.82) is 0 Å². The zero-order valence-electron chi connectivity index (χ0n) is 11.0. The highest BCUT2D eigenvalue weighted by atomic mass is 32.2. The highest BCUT2D eigenvalue weighted by molar-refractivity contribution is 7.89. The third kappa shape index (κ3) is 3.93. The summed E-state index contributed by atoms with van der Waals surface area (Å²) in [6.07, 6.45) is 1.48. The van der Waals surface area contributed by atoms with Crippen molar-refractivity contribution >= 4 is 16.0 Å². The Labute approximate surface area is 109 Å². The van der Waals surface area contributed by atoms with Gasteiger partial charge in [0, 0.05) is 19.1 Å². The minimum atomic E-state index is -3.57. The molecule has 2 atom stereocenters. The van der Waals surface area contributed by atoms with Gasteiger partial charge in [0.2, 0.25) is 10.0 Å². The van der Waals surface area contributed by atoms with Crippen LogP contribution in [0.3, 0.4) is 0 Å². The van der Waals surface area contributed by atoms with E-state index in [0.29, 0.717) is 19.5 Å². The molecule has 0 aromatic heterocycles. The largest absolute Gasteiger partial charge is 0.465 e. The number of rotatable bonds is 5. The minimum absolute atomic E-state index is 0.0454. The van der Waals surface area contributed by atoms with Gasteiger partial charge < -0.3 is 10.5 Å². The van der Waals surface area contributed by atoms with Crippen LogP contribution in [-0.2, 0) is 19.6 Å². The first-order chi connectivity index (χ1) is 8.40. The second-order valence-electron chi connectivity index (χ2n) is 4.54. The second kappa shape index (κ2) is 6.49. The number of nitrogens with zero attached hydrogens (tertiary/aromatic N) is 1. The van der Waals surface area contributed by atoms with Crippen LogP contribution in [0.5, 0.6) is 0 Å². The minimum Gasteiger partial charge on any atom is -0.465 e. The molecule has 0 saturated carbocycles. The predicted molar refractivity (Wildman–Crippen MR) is 68.4 cm³/mol. The Morgan fingerprint density at radius 2 is 2.11 bits per heavy atom. The topological polar surface area (TPSA) is 89.7 Å². The van der Waals surface area contributed by atoms with E-state index >= 15 is 0 Å². The SMILES string of the molecule is CCOC(=O)CS(=O)(=O)N1CCC(N)C(CC)C1. The van der Waals surface area contributed by atoms with Crippen molar-refractivity contribution in [2.75, 3.05) is 25.4 Å². The van der Waals surface area contributed by atoms with Crippen LogP contribution >= 0.6 is 0 Å². The van der Waals surface area contributed by atoms with Gasteiger partial charge in [-0.2, -0.15) is 0 Å². The number of hydrogen-bond donors (Lipinski definition) is 1. The van der Waals surface area contributed by atoms with Crippen molar-refractivity contribution in [2.24, 2.45) is 11.7 Å².